The maximum atomic E-state index is 11.5. The van der Waals surface area contributed by atoms with Crippen molar-refractivity contribution in [1.82, 2.24) is 5.32 Å². The number of rotatable bonds is 5. The molecule has 0 fully saturated rings. The zero-order valence-corrected chi connectivity index (χ0v) is 10.8. The summed E-state index contributed by atoms with van der Waals surface area (Å²) in [5.41, 5.74) is 0.643. The molecule has 0 aromatic heterocycles. The Morgan fingerprint density at radius 1 is 1.47 bits per heavy atom. The number of carbonyl (C=O) groups excluding carboxylic acids is 1. The molecule has 0 bridgehead atoms. The predicted molar refractivity (Wildman–Crippen MR) is 69.9 cm³/mol. The minimum Gasteiger partial charge on any atom is -0.495 e. The van der Waals surface area contributed by atoms with Crippen molar-refractivity contribution in [3.05, 3.63) is 23.2 Å². The quantitative estimate of drug-likeness (QED) is 0.795. The largest absolute Gasteiger partial charge is 0.495 e. The lowest BCUT2D eigenvalue weighted by molar-refractivity contribution is 0.252. The van der Waals surface area contributed by atoms with Crippen LogP contribution in [0.3, 0.4) is 0 Å². The second-order valence-corrected chi connectivity index (χ2v) is 3.99. The number of hydrogen-bond donors (Lipinski definition) is 2. The number of hydrogen-bond acceptors (Lipinski definition) is 2. The summed E-state index contributed by atoms with van der Waals surface area (Å²) in [6.07, 6.45) is 2.02. The molecule has 0 saturated heterocycles. The van der Waals surface area contributed by atoms with Gasteiger partial charge in [-0.2, -0.15) is 0 Å². The second kappa shape index (κ2) is 7.01. The van der Waals surface area contributed by atoms with Crippen molar-refractivity contribution in [3.8, 4) is 5.75 Å². The van der Waals surface area contributed by atoms with E-state index in [9.17, 15) is 4.79 Å². The van der Waals surface area contributed by atoms with Crippen molar-refractivity contribution in [2.45, 2.75) is 19.8 Å². The van der Waals surface area contributed by atoms with Crippen molar-refractivity contribution >= 4 is 23.3 Å². The summed E-state index contributed by atoms with van der Waals surface area (Å²) in [7, 11) is 1.55. The molecule has 0 atom stereocenters. The average molecular weight is 257 g/mol. The van der Waals surface area contributed by atoms with E-state index in [2.05, 4.69) is 17.6 Å². The predicted octanol–water partition coefficient (Wildman–Crippen LogP) is 3.27. The highest BCUT2D eigenvalue weighted by Crippen LogP contribution is 2.26. The molecule has 0 radical (unpaired) electrons. The Morgan fingerprint density at radius 2 is 2.24 bits per heavy atom. The minimum absolute atomic E-state index is 0.223. The van der Waals surface area contributed by atoms with E-state index in [0.717, 1.165) is 12.8 Å². The summed E-state index contributed by atoms with van der Waals surface area (Å²) >= 11 is 5.94. The van der Waals surface area contributed by atoms with Crippen LogP contribution < -0.4 is 15.4 Å². The molecular weight excluding hydrogens is 240 g/mol. The van der Waals surface area contributed by atoms with Crippen molar-refractivity contribution in [1.29, 1.82) is 0 Å². The van der Waals surface area contributed by atoms with Crippen molar-refractivity contribution in [2.24, 2.45) is 0 Å². The molecule has 1 aromatic carbocycles. The SMILES string of the molecule is CCCCNC(=O)Nc1ccc(OC)c(Cl)c1. The van der Waals surface area contributed by atoms with Gasteiger partial charge in [-0.3, -0.25) is 0 Å². The summed E-state index contributed by atoms with van der Waals surface area (Å²) in [6.45, 7) is 2.75. The molecular formula is C12H17ClN2O2. The first kappa shape index (κ1) is 13.6. The third-order valence-corrected chi connectivity index (χ3v) is 2.52. The van der Waals surface area contributed by atoms with Gasteiger partial charge < -0.3 is 15.4 Å². The van der Waals surface area contributed by atoms with Gasteiger partial charge >= 0.3 is 6.03 Å². The van der Waals surface area contributed by atoms with Crippen LogP contribution >= 0.6 is 11.6 Å². The first-order valence-electron chi connectivity index (χ1n) is 5.55. The van der Waals surface area contributed by atoms with E-state index in [1.165, 1.54) is 0 Å². The van der Waals surface area contributed by atoms with E-state index in [0.29, 0.717) is 23.0 Å². The zero-order chi connectivity index (χ0) is 12.7. The zero-order valence-electron chi connectivity index (χ0n) is 10.0. The van der Waals surface area contributed by atoms with Crippen LogP contribution in [0.15, 0.2) is 18.2 Å². The maximum absolute atomic E-state index is 11.5. The lowest BCUT2D eigenvalue weighted by Crippen LogP contribution is -2.29. The number of methoxy groups -OCH3 is 1. The van der Waals surface area contributed by atoms with Gasteiger partial charge in [0.05, 0.1) is 12.1 Å². The van der Waals surface area contributed by atoms with E-state index >= 15 is 0 Å². The highest BCUT2D eigenvalue weighted by atomic mass is 35.5. The van der Waals surface area contributed by atoms with Crippen LogP contribution in [0.1, 0.15) is 19.8 Å². The number of halogens is 1. The molecule has 5 heteroatoms. The van der Waals surface area contributed by atoms with Crippen LogP contribution in [0.25, 0.3) is 0 Å². The summed E-state index contributed by atoms with van der Waals surface area (Å²) < 4.78 is 5.02. The second-order valence-electron chi connectivity index (χ2n) is 3.58. The molecule has 17 heavy (non-hydrogen) atoms. The topological polar surface area (TPSA) is 50.4 Å². The van der Waals surface area contributed by atoms with Crippen molar-refractivity contribution in [3.63, 3.8) is 0 Å². The first-order chi connectivity index (χ1) is 8.17. The normalized spacial score (nSPS) is 9.82. The van der Waals surface area contributed by atoms with Crippen LogP contribution in [0.5, 0.6) is 5.75 Å². The lowest BCUT2D eigenvalue weighted by atomic mass is 10.3. The Hall–Kier alpha value is -1.42. The molecule has 0 saturated carbocycles. The number of benzene rings is 1. The molecule has 1 aromatic rings. The molecule has 0 heterocycles. The number of carbonyl (C=O) groups is 1. The fourth-order valence-electron chi connectivity index (χ4n) is 1.30. The van der Waals surface area contributed by atoms with Gasteiger partial charge in [0, 0.05) is 12.2 Å². The molecule has 0 aliphatic heterocycles. The van der Waals surface area contributed by atoms with Gasteiger partial charge in [-0.05, 0) is 24.6 Å². The minimum atomic E-state index is -0.223. The van der Waals surface area contributed by atoms with Gasteiger partial charge in [0.2, 0.25) is 0 Å². The molecule has 0 aliphatic carbocycles. The third-order valence-electron chi connectivity index (χ3n) is 2.23. The van der Waals surface area contributed by atoms with Crippen molar-refractivity contribution < 1.29 is 9.53 Å². The first-order valence-corrected chi connectivity index (χ1v) is 5.93. The summed E-state index contributed by atoms with van der Waals surface area (Å²) in [5.74, 6) is 0.587. The lowest BCUT2D eigenvalue weighted by Gasteiger charge is -2.09. The molecule has 0 unspecified atom stereocenters. The van der Waals surface area contributed by atoms with E-state index in [1.54, 1.807) is 25.3 Å². The van der Waals surface area contributed by atoms with E-state index in [4.69, 9.17) is 16.3 Å². The van der Waals surface area contributed by atoms with Crippen LogP contribution in [-0.2, 0) is 0 Å². The molecule has 94 valence electrons. The average Bonchev–Trinajstić information content (AvgIpc) is 2.29. The standard InChI is InChI=1S/C12H17ClN2O2/c1-3-4-7-14-12(16)15-9-5-6-11(17-2)10(13)8-9/h5-6,8H,3-4,7H2,1-2H3,(H2,14,15,16). The monoisotopic (exact) mass is 256 g/mol. The maximum Gasteiger partial charge on any atom is 0.319 e. The van der Waals surface area contributed by atoms with Crippen LogP contribution in [0.4, 0.5) is 10.5 Å². The van der Waals surface area contributed by atoms with Crippen LogP contribution in [0, 0.1) is 0 Å². The highest BCUT2D eigenvalue weighted by Gasteiger charge is 2.04. The summed E-state index contributed by atoms with van der Waals surface area (Å²) in [4.78, 5) is 11.5. The van der Waals surface area contributed by atoms with Gasteiger partial charge in [0.15, 0.2) is 0 Å². The van der Waals surface area contributed by atoms with E-state index in [-0.39, 0.29) is 6.03 Å². The Morgan fingerprint density at radius 3 is 2.82 bits per heavy atom. The number of nitrogens with one attached hydrogen (secondary N) is 2. The van der Waals surface area contributed by atoms with Crippen LogP contribution in [-0.4, -0.2) is 19.7 Å². The highest BCUT2D eigenvalue weighted by molar-refractivity contribution is 6.32. The fourth-order valence-corrected chi connectivity index (χ4v) is 1.56. The van der Waals surface area contributed by atoms with Gasteiger partial charge in [-0.15, -0.1) is 0 Å². The number of amides is 2. The van der Waals surface area contributed by atoms with Crippen LogP contribution in [0.2, 0.25) is 5.02 Å². The molecule has 1 rings (SSSR count). The van der Waals surface area contributed by atoms with Gasteiger partial charge in [0.25, 0.3) is 0 Å². The van der Waals surface area contributed by atoms with Gasteiger partial charge in [-0.25, -0.2) is 4.79 Å². The number of unbranched alkanes of at least 4 members (excludes halogenated alkanes) is 1. The Balaban J connectivity index is 2.51. The molecule has 2 amide bonds. The molecule has 2 N–H and O–H groups in total. The molecule has 4 nitrogen and oxygen atoms in total. The summed E-state index contributed by atoms with van der Waals surface area (Å²) in [5, 5.41) is 5.93. The fraction of sp³-hybridized carbons (Fsp3) is 0.417. The Labute approximate surface area is 106 Å². The summed E-state index contributed by atoms with van der Waals surface area (Å²) in [6, 6.07) is 4.88. The van der Waals surface area contributed by atoms with Gasteiger partial charge in [0.1, 0.15) is 5.75 Å². The number of urea groups is 1. The molecule has 0 aliphatic rings. The molecule has 0 spiro atoms. The van der Waals surface area contributed by atoms with E-state index in [1.807, 2.05) is 0 Å². The van der Waals surface area contributed by atoms with Crippen molar-refractivity contribution in [2.75, 3.05) is 19.0 Å². The van der Waals surface area contributed by atoms with E-state index < -0.39 is 0 Å². The number of ether oxygens (including phenoxy) is 1. The third kappa shape index (κ3) is 4.53. The smallest absolute Gasteiger partial charge is 0.319 e. The number of anilines is 1. The Bertz CT molecular complexity index is 383. The Kier molecular flexibility index (Phi) is 5.63. The van der Waals surface area contributed by atoms with Gasteiger partial charge in [-0.1, -0.05) is 24.9 Å².